The highest BCUT2D eigenvalue weighted by molar-refractivity contribution is 8.13. The molecule has 0 saturated carbocycles. The normalized spacial score (nSPS) is 10.9. The summed E-state index contributed by atoms with van der Waals surface area (Å²) in [6.07, 6.45) is 0. The third-order valence-corrected chi connectivity index (χ3v) is 2.73. The summed E-state index contributed by atoms with van der Waals surface area (Å²) >= 11 is 0. The van der Waals surface area contributed by atoms with Gasteiger partial charge in [0.15, 0.2) is 0 Å². The number of amides is 1. The fourth-order valence-electron chi connectivity index (χ4n) is 0.985. The molecular weight excluding hydrogens is 274 g/mol. The molecule has 0 saturated heterocycles. The molecule has 1 amide bonds. The monoisotopic (exact) mass is 279 g/mol. The van der Waals surface area contributed by atoms with Gasteiger partial charge in [-0.3, -0.25) is 4.79 Å². The van der Waals surface area contributed by atoms with Crippen LogP contribution in [0.2, 0.25) is 0 Å². The van der Waals surface area contributed by atoms with Crippen LogP contribution in [0.1, 0.15) is 6.92 Å². The van der Waals surface area contributed by atoms with E-state index in [2.05, 4.69) is 10.3 Å². The minimum atomic E-state index is -4.21. The highest BCUT2D eigenvalue weighted by Crippen LogP contribution is 2.22. The van der Waals surface area contributed by atoms with E-state index in [9.17, 15) is 23.3 Å². The predicted octanol–water partition coefficient (Wildman–Crippen LogP) is 0.876. The van der Waals surface area contributed by atoms with Gasteiger partial charge in [0.2, 0.25) is 5.91 Å². The topological polar surface area (TPSA) is 119 Å². The molecule has 1 N–H and O–H groups in total. The summed E-state index contributed by atoms with van der Waals surface area (Å²) in [5, 5.41) is 12.0. The number of hydrogen-bond donors (Lipinski definition) is 1. The largest absolute Gasteiger partial charge is 0.367 e. The fourth-order valence-corrected chi connectivity index (χ4v) is 1.69. The van der Waals surface area contributed by atoms with Crippen LogP contribution in [-0.4, -0.2) is 24.2 Å². The van der Waals surface area contributed by atoms with Crippen molar-refractivity contribution in [1.82, 2.24) is 4.98 Å². The zero-order valence-electron chi connectivity index (χ0n) is 8.38. The minimum absolute atomic E-state index is 0.0709. The Morgan fingerprint density at radius 1 is 1.53 bits per heavy atom. The Balaban J connectivity index is 3.39. The smallest absolute Gasteiger partial charge is 0.358 e. The number of nitrogens with one attached hydrogen (secondary N) is 1. The molecule has 0 atom stereocenters. The maximum atomic E-state index is 11.0. The molecule has 0 spiro atoms. The molecule has 1 rings (SSSR count). The summed E-state index contributed by atoms with van der Waals surface area (Å²) in [6.45, 7) is 1.17. The molecule has 1 aromatic heterocycles. The molecule has 0 aliphatic heterocycles. The zero-order chi connectivity index (χ0) is 13.2. The molecule has 8 nitrogen and oxygen atoms in total. The molecule has 0 aromatic carbocycles. The van der Waals surface area contributed by atoms with Gasteiger partial charge in [-0.25, -0.2) is 8.42 Å². The summed E-state index contributed by atoms with van der Waals surface area (Å²) in [4.78, 5) is 23.6. The van der Waals surface area contributed by atoms with E-state index in [-0.39, 0.29) is 5.69 Å². The number of carbonyl (C=O) groups is 1. The van der Waals surface area contributed by atoms with E-state index in [0.717, 1.165) is 12.1 Å². The highest BCUT2D eigenvalue weighted by Gasteiger charge is 2.23. The molecule has 92 valence electrons. The standard InChI is InChI=1S/C7H6ClN3O5S/c1-4(12)9-5-2-6(11(13)14)10-7(3-5)17(8,15)16/h2-3H,1H3,(H,9,10,12). The van der Waals surface area contributed by atoms with E-state index < -0.39 is 30.7 Å². The lowest BCUT2D eigenvalue weighted by Crippen LogP contribution is -2.08. The lowest BCUT2D eigenvalue weighted by molar-refractivity contribution is -0.389. The van der Waals surface area contributed by atoms with E-state index in [1.165, 1.54) is 6.92 Å². The molecule has 0 bridgehead atoms. The number of carbonyl (C=O) groups excluding carboxylic acids is 1. The first-order valence-electron chi connectivity index (χ1n) is 4.09. The maximum Gasteiger partial charge on any atom is 0.367 e. The van der Waals surface area contributed by atoms with Gasteiger partial charge in [-0.05, 0) is 9.91 Å². The summed E-state index contributed by atoms with van der Waals surface area (Å²) in [5.41, 5.74) is -0.0709. The lowest BCUT2D eigenvalue weighted by Gasteiger charge is -2.01. The van der Waals surface area contributed by atoms with Crippen LogP contribution in [0.5, 0.6) is 0 Å². The van der Waals surface area contributed by atoms with Gasteiger partial charge < -0.3 is 15.4 Å². The third-order valence-electron chi connectivity index (χ3n) is 1.55. The molecule has 1 aromatic rings. The predicted molar refractivity (Wildman–Crippen MR) is 58.2 cm³/mol. The van der Waals surface area contributed by atoms with Gasteiger partial charge >= 0.3 is 14.9 Å². The lowest BCUT2D eigenvalue weighted by atomic mass is 10.4. The number of hydrogen-bond acceptors (Lipinski definition) is 6. The van der Waals surface area contributed by atoms with Crippen molar-refractivity contribution in [1.29, 1.82) is 0 Å². The number of halogens is 1. The first kappa shape index (κ1) is 13.3. The second-order valence-corrected chi connectivity index (χ2v) is 5.44. The first-order valence-corrected chi connectivity index (χ1v) is 6.40. The molecule has 0 aliphatic carbocycles. The van der Waals surface area contributed by atoms with E-state index in [1.54, 1.807) is 0 Å². The van der Waals surface area contributed by atoms with Gasteiger partial charge in [-0.1, -0.05) is 0 Å². The molecule has 0 radical (unpaired) electrons. The maximum absolute atomic E-state index is 11.0. The van der Waals surface area contributed by atoms with Crippen LogP contribution in [0.4, 0.5) is 11.5 Å². The Morgan fingerprint density at radius 3 is 2.53 bits per heavy atom. The van der Waals surface area contributed by atoms with Crippen molar-refractivity contribution in [2.24, 2.45) is 0 Å². The van der Waals surface area contributed by atoms with Crippen LogP contribution < -0.4 is 5.32 Å². The summed E-state index contributed by atoms with van der Waals surface area (Å²) in [5.74, 6) is -1.24. The number of rotatable bonds is 3. The number of nitro groups is 1. The van der Waals surface area contributed by atoms with Crippen molar-refractivity contribution < 1.29 is 18.1 Å². The average Bonchev–Trinajstić information content (AvgIpc) is 2.14. The van der Waals surface area contributed by atoms with Crippen molar-refractivity contribution in [3.63, 3.8) is 0 Å². The Morgan fingerprint density at radius 2 is 2.12 bits per heavy atom. The first-order chi connectivity index (χ1) is 7.70. The number of nitrogens with zero attached hydrogens (tertiary/aromatic N) is 2. The third kappa shape index (κ3) is 3.64. The van der Waals surface area contributed by atoms with Crippen LogP contribution in [-0.2, 0) is 13.8 Å². The number of pyridine rings is 1. The van der Waals surface area contributed by atoms with Gasteiger partial charge in [0.25, 0.3) is 5.03 Å². The van der Waals surface area contributed by atoms with Crippen molar-refractivity contribution >= 4 is 37.1 Å². The molecule has 1 heterocycles. The van der Waals surface area contributed by atoms with Crippen LogP contribution in [0, 0.1) is 10.1 Å². The van der Waals surface area contributed by atoms with Crippen molar-refractivity contribution in [3.05, 3.63) is 22.2 Å². The fraction of sp³-hybridized carbons (Fsp3) is 0.143. The van der Waals surface area contributed by atoms with Gasteiger partial charge in [-0.2, -0.15) is 0 Å². The highest BCUT2D eigenvalue weighted by atomic mass is 35.7. The molecule has 17 heavy (non-hydrogen) atoms. The molecular formula is C7H6ClN3O5S. The van der Waals surface area contributed by atoms with Crippen LogP contribution in [0.15, 0.2) is 17.2 Å². The molecule has 10 heteroatoms. The Bertz CT molecular complexity index is 585. The average molecular weight is 280 g/mol. The van der Waals surface area contributed by atoms with E-state index in [0.29, 0.717) is 0 Å². The second-order valence-electron chi connectivity index (χ2n) is 2.93. The van der Waals surface area contributed by atoms with Crippen molar-refractivity contribution in [2.75, 3.05) is 5.32 Å². The van der Waals surface area contributed by atoms with Crippen molar-refractivity contribution in [2.45, 2.75) is 11.9 Å². The van der Waals surface area contributed by atoms with E-state index in [1.807, 2.05) is 0 Å². The number of anilines is 1. The Kier molecular flexibility index (Phi) is 3.63. The number of aromatic nitrogens is 1. The van der Waals surface area contributed by atoms with Crippen molar-refractivity contribution in [3.8, 4) is 0 Å². The molecule has 0 unspecified atom stereocenters. The molecule has 0 aliphatic rings. The minimum Gasteiger partial charge on any atom is -0.358 e. The van der Waals surface area contributed by atoms with Crippen LogP contribution >= 0.6 is 10.7 Å². The van der Waals surface area contributed by atoms with Gasteiger partial charge in [-0.15, -0.1) is 0 Å². The Labute approximate surface area is 100 Å². The summed E-state index contributed by atoms with van der Waals surface area (Å²) < 4.78 is 22.0. The zero-order valence-corrected chi connectivity index (χ0v) is 9.95. The summed E-state index contributed by atoms with van der Waals surface area (Å²) in [7, 11) is 0.806. The molecule has 0 fully saturated rings. The summed E-state index contributed by atoms with van der Waals surface area (Å²) in [6, 6.07) is 1.85. The van der Waals surface area contributed by atoms with Crippen LogP contribution in [0.25, 0.3) is 0 Å². The van der Waals surface area contributed by atoms with E-state index in [4.69, 9.17) is 10.7 Å². The van der Waals surface area contributed by atoms with Crippen LogP contribution in [0.3, 0.4) is 0 Å². The second kappa shape index (κ2) is 4.63. The van der Waals surface area contributed by atoms with Gasteiger partial charge in [0, 0.05) is 23.7 Å². The Hall–Kier alpha value is -1.74. The van der Waals surface area contributed by atoms with E-state index >= 15 is 0 Å². The SMILES string of the molecule is CC(=O)Nc1cc([N+](=O)[O-])nc(S(=O)(=O)Cl)c1. The van der Waals surface area contributed by atoms with Gasteiger partial charge in [0.05, 0.1) is 11.8 Å². The quantitative estimate of drug-likeness (QED) is 0.498. The van der Waals surface area contributed by atoms with Gasteiger partial charge in [0.1, 0.15) is 0 Å².